The van der Waals surface area contributed by atoms with E-state index < -0.39 is 0 Å². The third-order valence-corrected chi connectivity index (χ3v) is 4.58. The van der Waals surface area contributed by atoms with Crippen LogP contribution in [0.15, 0.2) is 54.6 Å². The number of nitrogens with zero attached hydrogens (tertiary/aromatic N) is 1. The van der Waals surface area contributed by atoms with Gasteiger partial charge in [-0.3, -0.25) is 9.69 Å². The Hall–Kier alpha value is -2.13. The number of likely N-dealkylation sites (tertiary alicyclic amines) is 1. The summed E-state index contributed by atoms with van der Waals surface area (Å²) in [6.45, 7) is 5.20. The van der Waals surface area contributed by atoms with E-state index in [-0.39, 0.29) is 5.91 Å². The molecule has 1 amide bonds. The van der Waals surface area contributed by atoms with Crippen LogP contribution in [0.5, 0.6) is 0 Å². The van der Waals surface area contributed by atoms with Gasteiger partial charge in [-0.15, -0.1) is 0 Å². The monoisotopic (exact) mass is 308 g/mol. The molecule has 1 aliphatic heterocycles. The second kappa shape index (κ2) is 7.42. The van der Waals surface area contributed by atoms with Gasteiger partial charge in [0.15, 0.2) is 0 Å². The van der Waals surface area contributed by atoms with Crippen molar-refractivity contribution in [2.45, 2.75) is 25.8 Å². The van der Waals surface area contributed by atoms with Crippen molar-refractivity contribution in [3.05, 3.63) is 60.2 Å². The van der Waals surface area contributed by atoms with Crippen molar-refractivity contribution in [2.24, 2.45) is 0 Å². The number of rotatable bonds is 5. The van der Waals surface area contributed by atoms with Crippen LogP contribution in [0.25, 0.3) is 11.1 Å². The van der Waals surface area contributed by atoms with Crippen molar-refractivity contribution in [3.63, 3.8) is 0 Å². The molecule has 0 bridgehead atoms. The molecule has 1 saturated heterocycles. The number of amides is 1. The van der Waals surface area contributed by atoms with Crippen LogP contribution in [0.2, 0.25) is 0 Å². The van der Waals surface area contributed by atoms with Gasteiger partial charge in [0.1, 0.15) is 0 Å². The predicted molar refractivity (Wildman–Crippen MR) is 94.5 cm³/mol. The molecule has 3 nitrogen and oxygen atoms in total. The summed E-state index contributed by atoms with van der Waals surface area (Å²) in [5, 5.41) is 3.05. The lowest BCUT2D eigenvalue weighted by Crippen LogP contribution is -2.40. The maximum absolute atomic E-state index is 12.3. The van der Waals surface area contributed by atoms with E-state index in [0.29, 0.717) is 12.6 Å². The van der Waals surface area contributed by atoms with E-state index in [9.17, 15) is 4.79 Å². The van der Waals surface area contributed by atoms with Crippen LogP contribution in [0.4, 0.5) is 0 Å². The molecule has 1 heterocycles. The fourth-order valence-corrected chi connectivity index (χ4v) is 3.10. The van der Waals surface area contributed by atoms with Crippen LogP contribution >= 0.6 is 0 Å². The Morgan fingerprint density at radius 1 is 1.00 bits per heavy atom. The van der Waals surface area contributed by atoms with Gasteiger partial charge in [0.2, 0.25) is 0 Å². The van der Waals surface area contributed by atoms with Crippen LogP contribution < -0.4 is 5.32 Å². The first-order chi connectivity index (χ1) is 11.2. The van der Waals surface area contributed by atoms with Gasteiger partial charge >= 0.3 is 0 Å². The second-order valence-electron chi connectivity index (χ2n) is 6.25. The van der Waals surface area contributed by atoms with Crippen molar-refractivity contribution >= 4 is 5.91 Å². The molecular weight excluding hydrogens is 284 g/mol. The van der Waals surface area contributed by atoms with Crippen LogP contribution in [-0.4, -0.2) is 36.5 Å². The average Bonchev–Trinajstić information content (AvgIpc) is 3.15. The maximum atomic E-state index is 12.3. The Bertz CT molecular complexity index is 630. The standard InChI is InChI=1S/C20H24N2O/c1-16(22-13-5-6-14-22)15-21-20(23)19-11-9-18(10-12-19)17-7-3-2-4-8-17/h2-4,7-12,16H,5-6,13-15H2,1H3,(H,21,23). The summed E-state index contributed by atoms with van der Waals surface area (Å²) in [6, 6.07) is 18.4. The molecule has 1 aliphatic rings. The number of hydrogen-bond acceptors (Lipinski definition) is 2. The lowest BCUT2D eigenvalue weighted by molar-refractivity contribution is 0.0940. The van der Waals surface area contributed by atoms with Crippen LogP contribution in [0.1, 0.15) is 30.1 Å². The third-order valence-electron chi connectivity index (χ3n) is 4.58. The van der Waals surface area contributed by atoms with E-state index in [1.165, 1.54) is 18.4 Å². The zero-order valence-electron chi connectivity index (χ0n) is 13.7. The van der Waals surface area contributed by atoms with E-state index in [0.717, 1.165) is 24.2 Å². The van der Waals surface area contributed by atoms with Crippen molar-refractivity contribution in [3.8, 4) is 11.1 Å². The average molecular weight is 308 g/mol. The molecule has 1 unspecified atom stereocenters. The summed E-state index contributed by atoms with van der Waals surface area (Å²) >= 11 is 0. The van der Waals surface area contributed by atoms with Gasteiger partial charge in [0.05, 0.1) is 0 Å². The number of carbonyl (C=O) groups is 1. The van der Waals surface area contributed by atoms with Gasteiger partial charge < -0.3 is 5.32 Å². The van der Waals surface area contributed by atoms with Gasteiger partial charge in [-0.1, -0.05) is 42.5 Å². The summed E-state index contributed by atoms with van der Waals surface area (Å²) in [4.78, 5) is 14.7. The predicted octanol–water partition coefficient (Wildman–Crippen LogP) is 3.57. The minimum Gasteiger partial charge on any atom is -0.350 e. The summed E-state index contributed by atoms with van der Waals surface area (Å²) in [6.07, 6.45) is 2.55. The molecule has 0 saturated carbocycles. The van der Waals surface area contributed by atoms with Crippen molar-refractivity contribution in [1.29, 1.82) is 0 Å². The van der Waals surface area contributed by atoms with Gasteiger partial charge in [0.25, 0.3) is 5.91 Å². The highest BCUT2D eigenvalue weighted by atomic mass is 16.1. The van der Waals surface area contributed by atoms with Crippen molar-refractivity contribution < 1.29 is 4.79 Å². The molecule has 1 N–H and O–H groups in total. The number of benzene rings is 2. The van der Waals surface area contributed by atoms with Crippen LogP contribution in [0.3, 0.4) is 0 Å². The van der Waals surface area contributed by atoms with Gasteiger partial charge in [0, 0.05) is 18.2 Å². The first-order valence-electron chi connectivity index (χ1n) is 8.42. The Morgan fingerprint density at radius 2 is 1.61 bits per heavy atom. The number of carbonyl (C=O) groups excluding carboxylic acids is 1. The van der Waals surface area contributed by atoms with Crippen LogP contribution in [-0.2, 0) is 0 Å². The maximum Gasteiger partial charge on any atom is 0.251 e. The molecule has 0 radical (unpaired) electrons. The van der Waals surface area contributed by atoms with E-state index in [1.54, 1.807) is 0 Å². The molecule has 3 rings (SSSR count). The van der Waals surface area contributed by atoms with E-state index in [1.807, 2.05) is 42.5 Å². The summed E-state index contributed by atoms with van der Waals surface area (Å²) in [7, 11) is 0. The molecule has 3 heteroatoms. The second-order valence-corrected chi connectivity index (χ2v) is 6.25. The quantitative estimate of drug-likeness (QED) is 0.916. The van der Waals surface area contributed by atoms with Crippen molar-refractivity contribution in [1.82, 2.24) is 10.2 Å². The zero-order chi connectivity index (χ0) is 16.1. The largest absolute Gasteiger partial charge is 0.350 e. The molecule has 2 aromatic carbocycles. The lowest BCUT2D eigenvalue weighted by atomic mass is 10.0. The summed E-state index contributed by atoms with van der Waals surface area (Å²) < 4.78 is 0. The molecule has 0 spiro atoms. The molecule has 0 aromatic heterocycles. The Labute approximate surface area is 138 Å². The normalized spacial score (nSPS) is 16.2. The fraction of sp³-hybridized carbons (Fsp3) is 0.350. The van der Waals surface area contributed by atoms with Gasteiger partial charge in [-0.2, -0.15) is 0 Å². The third kappa shape index (κ3) is 3.99. The van der Waals surface area contributed by atoms with Gasteiger partial charge in [-0.05, 0) is 56.1 Å². The van der Waals surface area contributed by atoms with E-state index >= 15 is 0 Å². The summed E-state index contributed by atoms with van der Waals surface area (Å²) in [5.74, 6) is 0.00987. The molecule has 120 valence electrons. The topological polar surface area (TPSA) is 32.3 Å². The Kier molecular flexibility index (Phi) is 5.09. The first-order valence-corrected chi connectivity index (χ1v) is 8.42. The SMILES string of the molecule is CC(CNC(=O)c1ccc(-c2ccccc2)cc1)N1CCCC1. The molecular formula is C20H24N2O. The Balaban J connectivity index is 1.57. The zero-order valence-corrected chi connectivity index (χ0v) is 13.7. The first kappa shape index (κ1) is 15.8. The Morgan fingerprint density at radius 3 is 2.26 bits per heavy atom. The highest BCUT2D eigenvalue weighted by Crippen LogP contribution is 2.19. The van der Waals surface area contributed by atoms with Gasteiger partial charge in [-0.25, -0.2) is 0 Å². The van der Waals surface area contributed by atoms with Crippen LogP contribution in [0, 0.1) is 0 Å². The minimum absolute atomic E-state index is 0.00987. The minimum atomic E-state index is 0.00987. The molecule has 1 atom stereocenters. The summed E-state index contributed by atoms with van der Waals surface area (Å²) in [5.41, 5.74) is 3.02. The smallest absolute Gasteiger partial charge is 0.251 e. The fourth-order valence-electron chi connectivity index (χ4n) is 3.10. The molecule has 0 aliphatic carbocycles. The molecule has 23 heavy (non-hydrogen) atoms. The molecule has 2 aromatic rings. The van der Waals surface area contributed by atoms with Crippen molar-refractivity contribution in [2.75, 3.05) is 19.6 Å². The lowest BCUT2D eigenvalue weighted by Gasteiger charge is -2.23. The van der Waals surface area contributed by atoms with E-state index in [4.69, 9.17) is 0 Å². The van der Waals surface area contributed by atoms with E-state index in [2.05, 4.69) is 29.3 Å². The highest BCUT2D eigenvalue weighted by molar-refractivity contribution is 5.94. The number of nitrogens with one attached hydrogen (secondary N) is 1. The molecule has 1 fully saturated rings. The number of hydrogen-bond donors (Lipinski definition) is 1. The highest BCUT2D eigenvalue weighted by Gasteiger charge is 2.18.